The molecule has 2 saturated heterocycles. The highest BCUT2D eigenvalue weighted by atomic mass is 35.5. The molecule has 1 aromatic carbocycles. The van der Waals surface area contributed by atoms with Gasteiger partial charge in [-0.1, -0.05) is 11.6 Å². The number of carbonyl (C=O) groups is 1. The van der Waals surface area contributed by atoms with E-state index in [0.717, 1.165) is 24.0 Å². The predicted octanol–water partition coefficient (Wildman–Crippen LogP) is 3.26. The summed E-state index contributed by atoms with van der Waals surface area (Å²) < 4.78 is 41.9. The quantitative estimate of drug-likeness (QED) is 0.810. The number of nitrogens with one attached hydrogen (secondary N) is 1. The number of rotatable bonds is 2. The molecule has 2 aliphatic heterocycles. The van der Waals surface area contributed by atoms with Crippen molar-refractivity contribution in [2.24, 2.45) is 11.8 Å². The van der Waals surface area contributed by atoms with Crippen LogP contribution in [0.2, 0.25) is 5.02 Å². The van der Waals surface area contributed by atoms with E-state index in [0.29, 0.717) is 29.9 Å². The van der Waals surface area contributed by atoms with Crippen LogP contribution in [0, 0.1) is 11.8 Å². The molecule has 4 rings (SSSR count). The maximum absolute atomic E-state index is 13.7. The van der Waals surface area contributed by atoms with Gasteiger partial charge in [0.05, 0.1) is 17.4 Å². The molecular formula is C17H17Cl2F3N4O. The zero-order valence-electron chi connectivity index (χ0n) is 14.0. The van der Waals surface area contributed by atoms with E-state index >= 15 is 0 Å². The number of likely N-dealkylation sites (tertiary alicyclic amines) is 1. The molecule has 2 fully saturated rings. The topological polar surface area (TPSA) is 50.2 Å². The SMILES string of the molecule is Cl.O=C(c1cnn(-c2ccc(Cl)cc2)c1C(F)(F)F)N1C[C@H]2CNC[C@H]2C1. The van der Waals surface area contributed by atoms with Crippen LogP contribution in [0.5, 0.6) is 0 Å². The first-order valence-corrected chi connectivity index (χ1v) is 8.63. The number of alkyl halides is 3. The Morgan fingerprint density at radius 3 is 2.30 bits per heavy atom. The van der Waals surface area contributed by atoms with Crippen LogP contribution < -0.4 is 5.32 Å². The van der Waals surface area contributed by atoms with Crippen molar-refractivity contribution >= 4 is 29.9 Å². The van der Waals surface area contributed by atoms with Crippen molar-refractivity contribution in [3.05, 3.63) is 46.7 Å². The number of fused-ring (bicyclic) bond motifs is 1. The van der Waals surface area contributed by atoms with Crippen molar-refractivity contribution in [1.82, 2.24) is 20.0 Å². The number of halogens is 5. The van der Waals surface area contributed by atoms with Gasteiger partial charge in [-0.05, 0) is 36.1 Å². The van der Waals surface area contributed by atoms with Gasteiger partial charge >= 0.3 is 6.18 Å². The molecule has 27 heavy (non-hydrogen) atoms. The van der Waals surface area contributed by atoms with Gasteiger partial charge in [-0.15, -0.1) is 12.4 Å². The number of hydrogen-bond acceptors (Lipinski definition) is 3. The molecule has 0 saturated carbocycles. The average molecular weight is 421 g/mol. The molecule has 1 amide bonds. The van der Waals surface area contributed by atoms with E-state index < -0.39 is 23.3 Å². The average Bonchev–Trinajstić information content (AvgIpc) is 3.28. The Labute approximate surface area is 164 Å². The molecule has 2 atom stereocenters. The van der Waals surface area contributed by atoms with E-state index in [1.165, 1.54) is 29.2 Å². The molecule has 2 aliphatic rings. The largest absolute Gasteiger partial charge is 0.434 e. The number of hydrogen-bond donors (Lipinski definition) is 1. The molecule has 10 heteroatoms. The van der Waals surface area contributed by atoms with Crippen LogP contribution in [0.3, 0.4) is 0 Å². The maximum Gasteiger partial charge on any atom is 0.434 e. The van der Waals surface area contributed by atoms with Gasteiger partial charge in [0.25, 0.3) is 5.91 Å². The van der Waals surface area contributed by atoms with Gasteiger partial charge in [-0.2, -0.15) is 18.3 Å². The van der Waals surface area contributed by atoms with E-state index in [9.17, 15) is 18.0 Å². The second-order valence-electron chi connectivity index (χ2n) is 6.68. The lowest BCUT2D eigenvalue weighted by Crippen LogP contribution is -2.33. The van der Waals surface area contributed by atoms with E-state index in [4.69, 9.17) is 11.6 Å². The van der Waals surface area contributed by atoms with Crippen molar-refractivity contribution in [1.29, 1.82) is 0 Å². The Kier molecular flexibility index (Phi) is 5.42. The van der Waals surface area contributed by atoms with Crippen LogP contribution in [0.15, 0.2) is 30.5 Å². The summed E-state index contributed by atoms with van der Waals surface area (Å²) in [7, 11) is 0. The van der Waals surface area contributed by atoms with Crippen LogP contribution in [0.1, 0.15) is 16.1 Å². The molecule has 0 aliphatic carbocycles. The van der Waals surface area contributed by atoms with Gasteiger partial charge in [0.15, 0.2) is 5.69 Å². The lowest BCUT2D eigenvalue weighted by molar-refractivity contribution is -0.143. The van der Waals surface area contributed by atoms with Gasteiger partial charge in [-0.25, -0.2) is 4.68 Å². The van der Waals surface area contributed by atoms with Gasteiger partial charge in [0.2, 0.25) is 0 Å². The first kappa shape index (κ1) is 20.0. The molecule has 5 nitrogen and oxygen atoms in total. The third-order valence-corrected chi connectivity index (χ3v) is 5.27. The number of aromatic nitrogens is 2. The normalized spacial score (nSPS) is 21.9. The van der Waals surface area contributed by atoms with Gasteiger partial charge in [0, 0.05) is 31.2 Å². The Morgan fingerprint density at radius 2 is 1.74 bits per heavy atom. The monoisotopic (exact) mass is 420 g/mol. The van der Waals surface area contributed by atoms with Crippen LogP contribution in [0.25, 0.3) is 5.69 Å². The fraction of sp³-hybridized carbons (Fsp3) is 0.412. The molecule has 0 spiro atoms. The summed E-state index contributed by atoms with van der Waals surface area (Å²) >= 11 is 5.80. The van der Waals surface area contributed by atoms with Crippen molar-refractivity contribution in [3.8, 4) is 5.69 Å². The molecule has 1 N–H and O–H groups in total. The highest BCUT2D eigenvalue weighted by Gasteiger charge is 2.44. The first-order chi connectivity index (χ1) is 12.3. The summed E-state index contributed by atoms with van der Waals surface area (Å²) in [5.74, 6) is -0.00821. The summed E-state index contributed by atoms with van der Waals surface area (Å²) in [6.45, 7) is 2.54. The minimum Gasteiger partial charge on any atom is -0.338 e. The molecule has 0 unspecified atom stereocenters. The van der Waals surface area contributed by atoms with Crippen LogP contribution in [-0.4, -0.2) is 46.8 Å². The van der Waals surface area contributed by atoms with Crippen molar-refractivity contribution < 1.29 is 18.0 Å². The second kappa shape index (κ2) is 7.33. The number of benzene rings is 1. The van der Waals surface area contributed by atoms with Gasteiger partial charge in [-0.3, -0.25) is 4.79 Å². The second-order valence-corrected chi connectivity index (χ2v) is 7.12. The molecule has 2 aromatic rings. The zero-order chi connectivity index (χ0) is 18.5. The Bertz CT molecular complexity index is 826. The summed E-state index contributed by atoms with van der Waals surface area (Å²) in [5.41, 5.74) is -1.27. The lowest BCUT2D eigenvalue weighted by atomic mass is 10.0. The summed E-state index contributed by atoms with van der Waals surface area (Å²) in [6.07, 6.45) is -3.70. The minimum atomic E-state index is -4.71. The fourth-order valence-electron chi connectivity index (χ4n) is 3.75. The van der Waals surface area contributed by atoms with Crippen molar-refractivity contribution in [2.75, 3.05) is 26.2 Å². The Morgan fingerprint density at radius 1 is 1.15 bits per heavy atom. The standard InChI is InChI=1S/C17H16ClF3N4O.ClH/c18-12-1-3-13(4-2-12)25-15(17(19,20)21)14(7-23-25)16(26)24-8-10-5-22-6-11(10)9-24;/h1-4,7,10-11,22H,5-6,8-9H2;1H/t10-,11+;. The molecular weight excluding hydrogens is 404 g/mol. The molecule has 3 heterocycles. The lowest BCUT2D eigenvalue weighted by Gasteiger charge is -2.19. The predicted molar refractivity (Wildman–Crippen MR) is 96.6 cm³/mol. The van der Waals surface area contributed by atoms with Crippen LogP contribution >= 0.6 is 24.0 Å². The third-order valence-electron chi connectivity index (χ3n) is 5.02. The van der Waals surface area contributed by atoms with E-state index in [1.807, 2.05) is 0 Å². The van der Waals surface area contributed by atoms with E-state index in [2.05, 4.69) is 10.4 Å². The molecule has 1 aromatic heterocycles. The fourth-order valence-corrected chi connectivity index (χ4v) is 3.87. The molecule has 0 radical (unpaired) electrons. The van der Waals surface area contributed by atoms with Crippen molar-refractivity contribution in [2.45, 2.75) is 6.18 Å². The summed E-state index contributed by atoms with van der Waals surface area (Å²) in [4.78, 5) is 14.3. The van der Waals surface area contributed by atoms with Crippen LogP contribution in [-0.2, 0) is 6.18 Å². The number of amides is 1. The minimum absolute atomic E-state index is 0. The van der Waals surface area contributed by atoms with E-state index in [1.54, 1.807) is 0 Å². The third kappa shape index (κ3) is 3.66. The first-order valence-electron chi connectivity index (χ1n) is 8.26. The number of carbonyl (C=O) groups excluding carboxylic acids is 1. The van der Waals surface area contributed by atoms with Gasteiger partial charge < -0.3 is 10.2 Å². The summed E-state index contributed by atoms with van der Waals surface area (Å²) in [6, 6.07) is 5.83. The summed E-state index contributed by atoms with van der Waals surface area (Å²) in [5, 5.41) is 7.49. The maximum atomic E-state index is 13.7. The number of nitrogens with zero attached hydrogens (tertiary/aromatic N) is 3. The zero-order valence-corrected chi connectivity index (χ0v) is 15.6. The highest BCUT2D eigenvalue weighted by Crippen LogP contribution is 2.35. The Balaban J connectivity index is 0.00000210. The van der Waals surface area contributed by atoms with Crippen LogP contribution in [0.4, 0.5) is 13.2 Å². The smallest absolute Gasteiger partial charge is 0.338 e. The molecule has 0 bridgehead atoms. The Hall–Kier alpha value is -1.77. The van der Waals surface area contributed by atoms with E-state index in [-0.39, 0.29) is 18.1 Å². The highest BCUT2D eigenvalue weighted by molar-refractivity contribution is 6.30. The van der Waals surface area contributed by atoms with Gasteiger partial charge in [0.1, 0.15) is 0 Å². The molecule has 146 valence electrons. The van der Waals surface area contributed by atoms with Crippen molar-refractivity contribution in [3.63, 3.8) is 0 Å².